The number of carbonyl (C=O) groups excluding carboxylic acids is 1. The van der Waals surface area contributed by atoms with Crippen LogP contribution in [-0.4, -0.2) is 28.6 Å². The molecule has 134 valence electrons. The second-order valence-electron chi connectivity index (χ2n) is 4.97. The number of hydrogen-bond donors (Lipinski definition) is 2. The fourth-order valence-corrected chi connectivity index (χ4v) is 3.55. The van der Waals surface area contributed by atoms with Crippen LogP contribution in [0.4, 0.5) is 20.0 Å². The molecule has 0 fully saturated rings. The van der Waals surface area contributed by atoms with E-state index >= 15 is 0 Å². The average Bonchev–Trinajstić information content (AvgIpc) is 3.09. The fraction of sp³-hybridized carbons (Fsp3) is 0.118. The lowest BCUT2D eigenvalue weighted by molar-refractivity contribution is 0.262. The molecule has 2 N–H and O–H groups in total. The first-order chi connectivity index (χ1) is 12.7. The van der Waals surface area contributed by atoms with Gasteiger partial charge < -0.3 is 10.1 Å². The molecule has 2 aromatic carbocycles. The smallest absolute Gasteiger partial charge is 0.325 e. The van der Waals surface area contributed by atoms with Gasteiger partial charge in [-0.1, -0.05) is 41.3 Å². The average molecular weight is 390 g/mol. The largest absolute Gasteiger partial charge is 0.493 e. The van der Waals surface area contributed by atoms with Crippen molar-refractivity contribution in [3.05, 3.63) is 60.4 Å². The molecule has 0 aliphatic rings. The Hall–Kier alpha value is -2.65. The summed E-state index contributed by atoms with van der Waals surface area (Å²) in [7, 11) is 0. The van der Waals surface area contributed by atoms with Crippen LogP contribution in [0.1, 0.15) is 0 Å². The van der Waals surface area contributed by atoms with Gasteiger partial charge in [-0.25, -0.2) is 9.18 Å². The second kappa shape index (κ2) is 9.16. The van der Waals surface area contributed by atoms with Crippen molar-refractivity contribution in [2.24, 2.45) is 0 Å². The van der Waals surface area contributed by atoms with Crippen molar-refractivity contribution in [1.82, 2.24) is 10.2 Å². The van der Waals surface area contributed by atoms with Crippen molar-refractivity contribution in [3.63, 3.8) is 0 Å². The van der Waals surface area contributed by atoms with Gasteiger partial charge in [-0.3, -0.25) is 5.32 Å². The normalized spacial score (nSPS) is 10.3. The molecule has 6 nitrogen and oxygen atoms in total. The molecule has 2 amide bonds. The fourth-order valence-electron chi connectivity index (χ4n) is 1.92. The molecule has 1 aromatic heterocycles. The Morgan fingerprint density at radius 3 is 2.62 bits per heavy atom. The van der Waals surface area contributed by atoms with E-state index in [1.54, 1.807) is 0 Å². The summed E-state index contributed by atoms with van der Waals surface area (Å²) in [6.45, 7) is 0.544. The van der Waals surface area contributed by atoms with Gasteiger partial charge in [0.05, 0.1) is 6.61 Å². The van der Waals surface area contributed by atoms with Gasteiger partial charge in [-0.05, 0) is 36.4 Å². The van der Waals surface area contributed by atoms with Gasteiger partial charge in [-0.2, -0.15) is 0 Å². The number of hydrogen-bond acceptors (Lipinski definition) is 6. The molecule has 26 heavy (non-hydrogen) atoms. The molecule has 0 atom stereocenters. The van der Waals surface area contributed by atoms with E-state index in [2.05, 4.69) is 20.8 Å². The van der Waals surface area contributed by atoms with Gasteiger partial charge in [0.15, 0.2) is 4.34 Å². The highest BCUT2D eigenvalue weighted by molar-refractivity contribution is 8.01. The number of ether oxygens (including phenoxy) is 1. The molecular formula is C17H15FN4O2S2. The van der Waals surface area contributed by atoms with Gasteiger partial charge in [0.25, 0.3) is 0 Å². The molecule has 9 heteroatoms. The Balaban J connectivity index is 1.41. The highest BCUT2D eigenvalue weighted by atomic mass is 32.2. The lowest BCUT2D eigenvalue weighted by Crippen LogP contribution is -2.19. The zero-order valence-corrected chi connectivity index (χ0v) is 15.1. The Morgan fingerprint density at radius 2 is 1.85 bits per heavy atom. The third-order valence-corrected chi connectivity index (χ3v) is 4.99. The summed E-state index contributed by atoms with van der Waals surface area (Å²) in [5, 5.41) is 13.5. The Labute approximate surface area is 157 Å². The summed E-state index contributed by atoms with van der Waals surface area (Å²) in [5.41, 5.74) is 0.487. The predicted octanol–water partition coefficient (Wildman–Crippen LogP) is 4.49. The van der Waals surface area contributed by atoms with Crippen LogP contribution in [0.3, 0.4) is 0 Å². The van der Waals surface area contributed by atoms with Crippen LogP contribution in [0.25, 0.3) is 0 Å². The number of urea groups is 1. The highest BCUT2D eigenvalue weighted by Crippen LogP contribution is 2.25. The number of carbonyl (C=O) groups is 1. The third kappa shape index (κ3) is 5.71. The standard InChI is InChI=1S/C17H15FN4O2S2/c18-12-6-8-13(9-7-12)19-15(23)20-16-21-22-17(26-16)25-11-10-24-14-4-2-1-3-5-14/h1-9H,10-11H2,(H2,19,20,21,23). The summed E-state index contributed by atoms with van der Waals surface area (Å²) in [4.78, 5) is 11.9. The second-order valence-corrected chi connectivity index (χ2v) is 7.29. The van der Waals surface area contributed by atoms with E-state index in [9.17, 15) is 9.18 Å². The van der Waals surface area contributed by atoms with Crippen molar-refractivity contribution >= 4 is 39.9 Å². The number of thioether (sulfide) groups is 1. The predicted molar refractivity (Wildman–Crippen MR) is 102 cm³/mol. The van der Waals surface area contributed by atoms with Gasteiger partial charge in [0, 0.05) is 11.4 Å². The molecule has 0 saturated carbocycles. The lowest BCUT2D eigenvalue weighted by atomic mass is 10.3. The van der Waals surface area contributed by atoms with Crippen molar-refractivity contribution < 1.29 is 13.9 Å². The van der Waals surface area contributed by atoms with E-state index in [-0.39, 0.29) is 5.82 Å². The highest BCUT2D eigenvalue weighted by Gasteiger charge is 2.09. The molecule has 0 bridgehead atoms. The van der Waals surface area contributed by atoms with E-state index in [0.717, 1.165) is 10.1 Å². The summed E-state index contributed by atoms with van der Waals surface area (Å²) in [5.74, 6) is 1.17. The number of rotatable bonds is 7. The van der Waals surface area contributed by atoms with Crippen LogP contribution in [0.2, 0.25) is 0 Å². The summed E-state index contributed by atoms with van der Waals surface area (Å²) in [6, 6.07) is 14.6. The number of amides is 2. The van der Waals surface area contributed by atoms with Gasteiger partial charge in [0.1, 0.15) is 11.6 Å². The van der Waals surface area contributed by atoms with Crippen molar-refractivity contribution in [3.8, 4) is 5.75 Å². The van der Waals surface area contributed by atoms with E-state index in [0.29, 0.717) is 23.2 Å². The number of benzene rings is 2. The Bertz CT molecular complexity index is 843. The van der Waals surface area contributed by atoms with Gasteiger partial charge in [-0.15, -0.1) is 10.2 Å². The molecule has 1 heterocycles. The number of halogens is 1. The molecule has 0 aliphatic carbocycles. The summed E-state index contributed by atoms with van der Waals surface area (Å²) >= 11 is 2.77. The zero-order valence-electron chi connectivity index (χ0n) is 13.5. The molecule has 3 aromatic rings. The van der Waals surface area contributed by atoms with Crippen LogP contribution >= 0.6 is 23.1 Å². The zero-order chi connectivity index (χ0) is 18.2. The summed E-state index contributed by atoms with van der Waals surface area (Å²) < 4.78 is 19.2. The number of aromatic nitrogens is 2. The van der Waals surface area contributed by atoms with Crippen LogP contribution in [0.5, 0.6) is 5.75 Å². The van der Waals surface area contributed by atoms with E-state index in [4.69, 9.17) is 4.74 Å². The molecule has 0 spiro atoms. The SMILES string of the molecule is O=C(Nc1ccc(F)cc1)Nc1nnc(SCCOc2ccccc2)s1. The van der Waals surface area contributed by atoms with Gasteiger partial charge >= 0.3 is 6.03 Å². The number of nitrogens with one attached hydrogen (secondary N) is 2. The molecule has 0 aliphatic heterocycles. The Kier molecular flexibility index (Phi) is 6.39. The molecular weight excluding hydrogens is 375 g/mol. The van der Waals surface area contributed by atoms with E-state index < -0.39 is 6.03 Å². The van der Waals surface area contributed by atoms with Crippen molar-refractivity contribution in [1.29, 1.82) is 0 Å². The Morgan fingerprint density at radius 1 is 1.08 bits per heavy atom. The van der Waals surface area contributed by atoms with Crippen LogP contribution in [0.15, 0.2) is 58.9 Å². The lowest BCUT2D eigenvalue weighted by Gasteiger charge is -2.04. The molecule has 0 unspecified atom stereocenters. The van der Waals surface area contributed by atoms with E-state index in [1.165, 1.54) is 47.4 Å². The first-order valence-corrected chi connectivity index (χ1v) is 9.47. The maximum Gasteiger partial charge on any atom is 0.325 e. The van der Waals surface area contributed by atoms with Gasteiger partial charge in [0.2, 0.25) is 5.13 Å². The van der Waals surface area contributed by atoms with Crippen LogP contribution in [0, 0.1) is 5.82 Å². The minimum absolute atomic E-state index is 0.363. The van der Waals surface area contributed by atoms with Crippen LogP contribution < -0.4 is 15.4 Å². The monoisotopic (exact) mass is 390 g/mol. The first-order valence-electron chi connectivity index (χ1n) is 7.67. The molecule has 0 saturated heterocycles. The topological polar surface area (TPSA) is 76.1 Å². The number of para-hydroxylation sites is 1. The maximum atomic E-state index is 12.8. The number of anilines is 2. The molecule has 0 radical (unpaired) electrons. The van der Waals surface area contributed by atoms with Crippen molar-refractivity contribution in [2.45, 2.75) is 4.34 Å². The first kappa shape index (κ1) is 18.2. The minimum atomic E-state index is -0.461. The quantitative estimate of drug-likeness (QED) is 0.353. The third-order valence-electron chi connectivity index (χ3n) is 3.05. The minimum Gasteiger partial charge on any atom is -0.493 e. The molecule has 3 rings (SSSR count). The van der Waals surface area contributed by atoms with Crippen molar-refractivity contribution in [2.75, 3.05) is 23.0 Å². The maximum absolute atomic E-state index is 12.8. The van der Waals surface area contributed by atoms with Crippen LogP contribution in [-0.2, 0) is 0 Å². The summed E-state index contributed by atoms with van der Waals surface area (Å²) in [6.07, 6.45) is 0. The van der Waals surface area contributed by atoms with E-state index in [1.807, 2.05) is 30.3 Å². The number of nitrogens with zero attached hydrogens (tertiary/aromatic N) is 2.